The topological polar surface area (TPSA) is 71.3 Å². The van der Waals surface area contributed by atoms with Gasteiger partial charge in [0.2, 0.25) is 0 Å². The fraction of sp³-hybridized carbons (Fsp3) is 0.176. The molecule has 2 aromatic rings. The molecule has 0 aliphatic carbocycles. The van der Waals surface area contributed by atoms with E-state index >= 15 is 0 Å². The molecule has 0 spiro atoms. The summed E-state index contributed by atoms with van der Waals surface area (Å²) in [6.45, 7) is 2.14. The summed E-state index contributed by atoms with van der Waals surface area (Å²) >= 11 is 2.20. The van der Waals surface area contributed by atoms with Crippen molar-refractivity contribution in [3.63, 3.8) is 0 Å². The van der Waals surface area contributed by atoms with Crippen molar-refractivity contribution >= 4 is 34.2 Å². The number of nitrogens with one attached hydrogen (secondary N) is 1. The van der Waals surface area contributed by atoms with Gasteiger partial charge in [0.15, 0.2) is 18.1 Å². The Morgan fingerprint density at radius 3 is 2.57 bits per heavy atom. The molecule has 0 unspecified atom stereocenters. The number of carbonyl (C=O) groups excluding carboxylic acids is 1. The van der Waals surface area contributed by atoms with E-state index in [1.807, 2.05) is 37.3 Å². The van der Waals surface area contributed by atoms with Crippen molar-refractivity contribution in [2.75, 3.05) is 18.5 Å². The molecule has 1 amide bonds. The van der Waals surface area contributed by atoms with Gasteiger partial charge in [-0.05, 0) is 65.9 Å². The van der Waals surface area contributed by atoms with Gasteiger partial charge < -0.3 is 14.8 Å². The van der Waals surface area contributed by atoms with Crippen LogP contribution >= 0.6 is 22.6 Å². The maximum atomic E-state index is 11.9. The standard InChI is InChI=1S/C17H15IN2O3/c1-2-22-16-9-12(10-19)3-8-15(16)23-11-17(21)20-14-6-4-13(18)5-7-14/h3-9H,2,11H2,1H3,(H,20,21). The lowest BCUT2D eigenvalue weighted by Gasteiger charge is -2.12. The van der Waals surface area contributed by atoms with Crippen LogP contribution in [0.1, 0.15) is 12.5 Å². The molecule has 0 bridgehead atoms. The van der Waals surface area contributed by atoms with Crippen molar-refractivity contribution in [3.05, 3.63) is 51.6 Å². The van der Waals surface area contributed by atoms with Gasteiger partial charge in [0, 0.05) is 15.3 Å². The SMILES string of the molecule is CCOc1cc(C#N)ccc1OCC(=O)Nc1ccc(I)cc1. The van der Waals surface area contributed by atoms with E-state index in [0.717, 1.165) is 3.57 Å². The number of benzene rings is 2. The molecular formula is C17H15IN2O3. The first kappa shape index (κ1) is 17.1. The molecule has 1 N–H and O–H groups in total. The van der Waals surface area contributed by atoms with Crippen LogP contribution in [0.25, 0.3) is 0 Å². The van der Waals surface area contributed by atoms with Crippen molar-refractivity contribution in [2.45, 2.75) is 6.92 Å². The Balaban J connectivity index is 1.98. The molecule has 0 atom stereocenters. The van der Waals surface area contributed by atoms with Crippen LogP contribution in [0.2, 0.25) is 0 Å². The zero-order valence-electron chi connectivity index (χ0n) is 12.5. The van der Waals surface area contributed by atoms with Crippen LogP contribution in [-0.4, -0.2) is 19.1 Å². The van der Waals surface area contributed by atoms with Crippen LogP contribution in [-0.2, 0) is 4.79 Å². The van der Waals surface area contributed by atoms with Crippen LogP contribution in [0.5, 0.6) is 11.5 Å². The zero-order chi connectivity index (χ0) is 16.7. The number of rotatable bonds is 6. The van der Waals surface area contributed by atoms with E-state index in [9.17, 15) is 4.79 Å². The van der Waals surface area contributed by atoms with Crippen LogP contribution in [0.3, 0.4) is 0 Å². The van der Waals surface area contributed by atoms with E-state index in [0.29, 0.717) is 29.4 Å². The van der Waals surface area contributed by atoms with Gasteiger partial charge in [-0.1, -0.05) is 0 Å². The molecule has 0 saturated heterocycles. The van der Waals surface area contributed by atoms with E-state index in [-0.39, 0.29) is 12.5 Å². The number of amides is 1. The van der Waals surface area contributed by atoms with Crippen LogP contribution in [0.4, 0.5) is 5.69 Å². The van der Waals surface area contributed by atoms with E-state index < -0.39 is 0 Å². The number of hydrogen-bond acceptors (Lipinski definition) is 4. The summed E-state index contributed by atoms with van der Waals surface area (Å²) < 4.78 is 12.0. The lowest BCUT2D eigenvalue weighted by atomic mass is 10.2. The third-order valence-electron chi connectivity index (χ3n) is 2.86. The number of anilines is 1. The van der Waals surface area contributed by atoms with Crippen LogP contribution < -0.4 is 14.8 Å². The third kappa shape index (κ3) is 5.14. The monoisotopic (exact) mass is 422 g/mol. The van der Waals surface area contributed by atoms with E-state index in [2.05, 4.69) is 27.9 Å². The van der Waals surface area contributed by atoms with Gasteiger partial charge in [0.25, 0.3) is 5.91 Å². The summed E-state index contributed by atoms with van der Waals surface area (Å²) in [6, 6.07) is 14.3. The predicted molar refractivity (Wildman–Crippen MR) is 95.6 cm³/mol. The summed E-state index contributed by atoms with van der Waals surface area (Å²) in [7, 11) is 0. The maximum Gasteiger partial charge on any atom is 0.262 e. The van der Waals surface area contributed by atoms with Gasteiger partial charge in [-0.3, -0.25) is 4.79 Å². The average Bonchev–Trinajstić information content (AvgIpc) is 2.56. The van der Waals surface area contributed by atoms with E-state index in [1.165, 1.54) is 0 Å². The van der Waals surface area contributed by atoms with Gasteiger partial charge in [0.05, 0.1) is 18.2 Å². The summed E-state index contributed by atoms with van der Waals surface area (Å²) in [6.07, 6.45) is 0. The molecule has 5 nitrogen and oxygen atoms in total. The molecular weight excluding hydrogens is 407 g/mol. The van der Waals surface area contributed by atoms with Gasteiger partial charge >= 0.3 is 0 Å². The first-order valence-corrected chi connectivity index (χ1v) is 8.05. The molecule has 2 aromatic carbocycles. The maximum absolute atomic E-state index is 11.9. The fourth-order valence-electron chi connectivity index (χ4n) is 1.84. The van der Waals surface area contributed by atoms with Gasteiger partial charge in [-0.2, -0.15) is 5.26 Å². The number of carbonyl (C=O) groups is 1. The molecule has 0 aromatic heterocycles. The van der Waals surface area contributed by atoms with Gasteiger partial charge in [-0.15, -0.1) is 0 Å². The second-order valence-corrected chi connectivity index (χ2v) is 5.80. The quantitative estimate of drug-likeness (QED) is 0.723. The Morgan fingerprint density at radius 1 is 1.17 bits per heavy atom. The number of halogens is 1. The second-order valence-electron chi connectivity index (χ2n) is 4.55. The first-order valence-electron chi connectivity index (χ1n) is 6.97. The van der Waals surface area contributed by atoms with Crippen molar-refractivity contribution in [2.24, 2.45) is 0 Å². The molecule has 0 fully saturated rings. The molecule has 0 saturated carbocycles. The normalized spacial score (nSPS) is 9.78. The molecule has 0 aliphatic heterocycles. The fourth-order valence-corrected chi connectivity index (χ4v) is 2.20. The summed E-state index contributed by atoms with van der Waals surface area (Å²) in [5, 5.41) is 11.7. The number of ether oxygens (including phenoxy) is 2. The van der Waals surface area contributed by atoms with Crippen molar-refractivity contribution in [1.82, 2.24) is 0 Å². The summed E-state index contributed by atoms with van der Waals surface area (Å²) in [5.41, 5.74) is 1.19. The molecule has 0 heterocycles. The van der Waals surface area contributed by atoms with Crippen molar-refractivity contribution in [3.8, 4) is 17.6 Å². The molecule has 0 aliphatic rings. The second kappa shape index (κ2) is 8.39. The predicted octanol–water partition coefficient (Wildman–Crippen LogP) is 3.58. The van der Waals surface area contributed by atoms with Gasteiger partial charge in [-0.25, -0.2) is 0 Å². The minimum Gasteiger partial charge on any atom is -0.490 e. The number of hydrogen-bond donors (Lipinski definition) is 1. The molecule has 6 heteroatoms. The van der Waals surface area contributed by atoms with E-state index in [1.54, 1.807) is 18.2 Å². The van der Waals surface area contributed by atoms with Crippen molar-refractivity contribution in [1.29, 1.82) is 5.26 Å². The van der Waals surface area contributed by atoms with Crippen LogP contribution in [0.15, 0.2) is 42.5 Å². The van der Waals surface area contributed by atoms with E-state index in [4.69, 9.17) is 14.7 Å². The molecule has 2 rings (SSSR count). The minimum absolute atomic E-state index is 0.141. The highest BCUT2D eigenvalue weighted by atomic mass is 127. The highest BCUT2D eigenvalue weighted by molar-refractivity contribution is 14.1. The highest BCUT2D eigenvalue weighted by Gasteiger charge is 2.09. The van der Waals surface area contributed by atoms with Gasteiger partial charge in [0.1, 0.15) is 0 Å². The largest absolute Gasteiger partial charge is 0.490 e. The Labute approximate surface area is 148 Å². The number of nitrogens with zero attached hydrogens (tertiary/aromatic N) is 1. The lowest BCUT2D eigenvalue weighted by Crippen LogP contribution is -2.20. The Hall–Kier alpha value is -2.27. The number of nitriles is 1. The Morgan fingerprint density at radius 2 is 1.91 bits per heavy atom. The summed E-state index contributed by atoms with van der Waals surface area (Å²) in [5.74, 6) is 0.621. The average molecular weight is 422 g/mol. The lowest BCUT2D eigenvalue weighted by molar-refractivity contribution is -0.118. The molecule has 0 radical (unpaired) electrons. The van der Waals surface area contributed by atoms with Crippen LogP contribution in [0, 0.1) is 14.9 Å². The first-order chi connectivity index (χ1) is 11.1. The Kier molecular flexibility index (Phi) is 6.23. The highest BCUT2D eigenvalue weighted by Crippen LogP contribution is 2.28. The molecule has 118 valence electrons. The zero-order valence-corrected chi connectivity index (χ0v) is 14.7. The molecule has 23 heavy (non-hydrogen) atoms. The third-order valence-corrected chi connectivity index (χ3v) is 3.58. The Bertz CT molecular complexity index is 724. The minimum atomic E-state index is -0.266. The summed E-state index contributed by atoms with van der Waals surface area (Å²) in [4.78, 5) is 11.9. The van der Waals surface area contributed by atoms with Crippen molar-refractivity contribution < 1.29 is 14.3 Å². The smallest absolute Gasteiger partial charge is 0.262 e.